The van der Waals surface area contributed by atoms with Gasteiger partial charge in [-0.1, -0.05) is 18.2 Å². The fourth-order valence-electron chi connectivity index (χ4n) is 0.881. The lowest BCUT2D eigenvalue weighted by molar-refractivity contribution is 0.266. The first kappa shape index (κ1) is 12.4. The molecule has 1 amide bonds. The Hall–Kier alpha value is -0.650. The van der Waals surface area contributed by atoms with Crippen molar-refractivity contribution in [3.63, 3.8) is 0 Å². The van der Waals surface area contributed by atoms with Gasteiger partial charge in [0.05, 0.1) is 0 Å². The highest BCUT2D eigenvalue weighted by Crippen LogP contribution is 2.29. The van der Waals surface area contributed by atoms with Crippen molar-refractivity contribution in [2.24, 2.45) is 0 Å². The summed E-state index contributed by atoms with van der Waals surface area (Å²) < 4.78 is -0.602. The van der Waals surface area contributed by atoms with Crippen molar-refractivity contribution >= 4 is 48.7 Å². The molecule has 0 aliphatic rings. The number of benzene rings is 1. The summed E-state index contributed by atoms with van der Waals surface area (Å²) in [5.74, 6) is 0. The van der Waals surface area contributed by atoms with E-state index in [4.69, 9.17) is 11.6 Å². The number of hydrogen-bond donors (Lipinski definition) is 0. The number of nitrogens with zero attached hydrogens (tertiary/aromatic N) is 1. The zero-order valence-electron chi connectivity index (χ0n) is 7.84. The van der Waals surface area contributed by atoms with Gasteiger partial charge in [-0.2, -0.15) is 0 Å². The highest BCUT2D eigenvalue weighted by atomic mass is 35.5. The summed E-state index contributed by atoms with van der Waals surface area (Å²) in [5.41, 5.74) is 0.776. The summed E-state index contributed by atoms with van der Waals surface area (Å²) in [6.07, 6.45) is 0. The monoisotopic (exact) mass is 261 g/mol. The molecule has 0 aliphatic carbocycles. The number of anilines is 1. The first-order valence-electron chi connectivity index (χ1n) is 3.98. The highest BCUT2D eigenvalue weighted by Gasteiger charge is 2.13. The van der Waals surface area contributed by atoms with Crippen LogP contribution in [0.2, 0.25) is 0 Å². The number of rotatable bonds is 1. The maximum absolute atomic E-state index is 11.5. The molecule has 0 spiro atoms. The van der Waals surface area contributed by atoms with Gasteiger partial charge in [-0.3, -0.25) is 9.59 Å². The quantitative estimate of drug-likeness (QED) is 0.566. The van der Waals surface area contributed by atoms with Crippen LogP contribution in [0.15, 0.2) is 30.3 Å². The predicted octanol–water partition coefficient (Wildman–Crippen LogP) is 3.98. The van der Waals surface area contributed by atoms with Gasteiger partial charge in [0, 0.05) is 34.3 Å². The van der Waals surface area contributed by atoms with E-state index >= 15 is 0 Å². The Morgan fingerprint density at radius 3 is 2.33 bits per heavy atom. The molecular weight excluding hydrogens is 254 g/mol. The van der Waals surface area contributed by atoms with Crippen LogP contribution in [0.4, 0.5) is 15.3 Å². The summed E-state index contributed by atoms with van der Waals surface area (Å²) >= 11 is 5.11. The number of amides is 1. The third kappa shape index (κ3) is 4.15. The van der Waals surface area contributed by atoms with Crippen LogP contribution >= 0.6 is 33.2 Å². The molecule has 0 unspecified atom stereocenters. The Bertz CT molecular complexity index is 358. The number of carbonyl (C=O) groups excluding carboxylic acids is 2. The van der Waals surface area contributed by atoms with Gasteiger partial charge in [0.25, 0.3) is 9.81 Å². The average molecular weight is 262 g/mol. The molecule has 0 saturated carbocycles. The van der Waals surface area contributed by atoms with Crippen LogP contribution in [0, 0.1) is 0 Å². The van der Waals surface area contributed by atoms with E-state index in [1.165, 1.54) is 4.90 Å². The molecule has 80 valence electrons. The Balaban J connectivity index is 2.57. The fraction of sp³-hybridized carbons (Fsp3) is 0.111. The molecule has 1 aromatic carbocycles. The molecule has 0 radical (unpaired) electrons. The van der Waals surface area contributed by atoms with Crippen molar-refractivity contribution in [2.75, 3.05) is 11.9 Å². The molecule has 0 aromatic heterocycles. The van der Waals surface area contributed by atoms with E-state index in [2.05, 4.69) is 0 Å². The molecular formula is C9H8ClNO2S2. The lowest BCUT2D eigenvalue weighted by atomic mass is 10.3. The first-order chi connectivity index (χ1) is 7.11. The van der Waals surface area contributed by atoms with E-state index in [1.807, 2.05) is 30.3 Å². The Labute approximate surface area is 101 Å². The summed E-state index contributed by atoms with van der Waals surface area (Å²) in [4.78, 5) is 23.4. The van der Waals surface area contributed by atoms with Gasteiger partial charge < -0.3 is 4.90 Å². The van der Waals surface area contributed by atoms with Crippen molar-refractivity contribution in [3.8, 4) is 0 Å². The van der Waals surface area contributed by atoms with Crippen molar-refractivity contribution < 1.29 is 9.59 Å². The Morgan fingerprint density at radius 2 is 1.80 bits per heavy atom. The van der Waals surface area contributed by atoms with Crippen LogP contribution in [0.1, 0.15) is 0 Å². The SMILES string of the molecule is CN(C(=O)SSC(=O)Cl)c1ccccc1. The van der Waals surface area contributed by atoms with Crippen LogP contribution < -0.4 is 4.90 Å². The molecule has 0 saturated heterocycles. The van der Waals surface area contributed by atoms with Crippen molar-refractivity contribution in [1.29, 1.82) is 0 Å². The summed E-state index contributed by atoms with van der Waals surface area (Å²) in [5, 5.41) is -0.236. The van der Waals surface area contributed by atoms with Gasteiger partial charge in [0.15, 0.2) is 0 Å². The smallest absolute Gasteiger partial charge is 0.296 e. The largest absolute Gasteiger partial charge is 0.306 e. The molecule has 0 bridgehead atoms. The van der Waals surface area contributed by atoms with Crippen LogP contribution in [-0.2, 0) is 0 Å². The molecule has 0 fully saturated rings. The average Bonchev–Trinajstić information content (AvgIpc) is 2.26. The van der Waals surface area contributed by atoms with Crippen molar-refractivity contribution in [3.05, 3.63) is 30.3 Å². The van der Waals surface area contributed by atoms with Crippen LogP contribution in [0.25, 0.3) is 0 Å². The molecule has 6 heteroatoms. The third-order valence-electron chi connectivity index (χ3n) is 1.60. The fourth-order valence-corrected chi connectivity index (χ4v) is 2.26. The maximum Gasteiger partial charge on any atom is 0.296 e. The van der Waals surface area contributed by atoms with Gasteiger partial charge in [0.2, 0.25) is 0 Å². The van der Waals surface area contributed by atoms with Crippen LogP contribution in [0.5, 0.6) is 0 Å². The molecule has 15 heavy (non-hydrogen) atoms. The standard InChI is InChI=1S/C9H8ClNO2S2/c1-11(7-5-3-2-4-6-7)9(13)15-14-8(10)12/h2-6H,1H3. The molecule has 0 atom stereocenters. The minimum absolute atomic E-state index is 0.236. The van der Waals surface area contributed by atoms with Gasteiger partial charge in [-0.05, 0) is 23.7 Å². The normalized spacial score (nSPS) is 9.73. The van der Waals surface area contributed by atoms with Crippen LogP contribution in [0.3, 0.4) is 0 Å². The summed E-state index contributed by atoms with van der Waals surface area (Å²) in [6, 6.07) is 9.16. The zero-order chi connectivity index (χ0) is 11.3. The molecule has 1 aromatic rings. The molecule has 0 N–H and O–H groups in total. The van der Waals surface area contributed by atoms with E-state index in [0.29, 0.717) is 10.8 Å². The van der Waals surface area contributed by atoms with E-state index in [-0.39, 0.29) is 5.24 Å². The first-order valence-corrected chi connectivity index (χ1v) is 6.51. The minimum Gasteiger partial charge on any atom is -0.306 e. The van der Waals surface area contributed by atoms with E-state index in [9.17, 15) is 9.59 Å². The number of halogens is 1. The second kappa shape index (κ2) is 6.05. The van der Waals surface area contributed by atoms with Crippen molar-refractivity contribution in [1.82, 2.24) is 0 Å². The molecule has 3 nitrogen and oxygen atoms in total. The lowest BCUT2D eigenvalue weighted by Gasteiger charge is -2.15. The predicted molar refractivity (Wildman–Crippen MR) is 66.7 cm³/mol. The van der Waals surface area contributed by atoms with E-state index < -0.39 is 4.57 Å². The third-order valence-corrected chi connectivity index (χ3v) is 3.86. The molecule has 0 heterocycles. The summed E-state index contributed by atoms with van der Waals surface area (Å²) in [6.45, 7) is 0. The van der Waals surface area contributed by atoms with Gasteiger partial charge >= 0.3 is 0 Å². The van der Waals surface area contributed by atoms with Gasteiger partial charge in [-0.25, -0.2) is 0 Å². The zero-order valence-corrected chi connectivity index (χ0v) is 10.2. The number of hydrogen-bond acceptors (Lipinski definition) is 4. The van der Waals surface area contributed by atoms with E-state index in [1.54, 1.807) is 7.05 Å². The second-order valence-corrected chi connectivity index (χ2v) is 5.19. The summed E-state index contributed by atoms with van der Waals surface area (Å²) in [7, 11) is 3.17. The minimum atomic E-state index is -0.602. The van der Waals surface area contributed by atoms with Crippen molar-refractivity contribution in [2.45, 2.75) is 0 Å². The van der Waals surface area contributed by atoms with Gasteiger partial charge in [0.1, 0.15) is 0 Å². The molecule has 1 rings (SSSR count). The Morgan fingerprint density at radius 1 is 1.20 bits per heavy atom. The topological polar surface area (TPSA) is 37.4 Å². The molecule has 0 aliphatic heterocycles. The highest BCUT2D eigenvalue weighted by molar-refractivity contribution is 8.87. The second-order valence-electron chi connectivity index (χ2n) is 2.56. The Kier molecular flexibility index (Phi) is 5.01. The van der Waals surface area contributed by atoms with Crippen LogP contribution in [-0.4, -0.2) is 16.9 Å². The lowest BCUT2D eigenvalue weighted by Crippen LogP contribution is -2.20. The maximum atomic E-state index is 11.5. The number of para-hydroxylation sites is 1. The van der Waals surface area contributed by atoms with E-state index in [0.717, 1.165) is 16.5 Å². The van der Waals surface area contributed by atoms with Gasteiger partial charge in [-0.15, -0.1) is 0 Å². The number of carbonyl (C=O) groups is 2.